The van der Waals surface area contributed by atoms with E-state index in [4.69, 9.17) is 0 Å². The van der Waals surface area contributed by atoms with Crippen LogP contribution < -0.4 is 0 Å². The topological polar surface area (TPSA) is 84.6 Å². The van der Waals surface area contributed by atoms with Gasteiger partial charge in [0.2, 0.25) is 0 Å². The first-order valence-corrected chi connectivity index (χ1v) is 9.32. The summed E-state index contributed by atoms with van der Waals surface area (Å²) in [7, 11) is 1.40. The Hall–Kier alpha value is -3.40. The zero-order valence-electron chi connectivity index (χ0n) is 16.5. The Labute approximate surface area is 168 Å². The summed E-state index contributed by atoms with van der Waals surface area (Å²) in [5.74, 6) is -1.19. The summed E-state index contributed by atoms with van der Waals surface area (Å²) in [5, 5.41) is 19.0. The maximum atomic E-state index is 14.8. The minimum atomic E-state index is -1.19. The highest BCUT2D eigenvalue weighted by Crippen LogP contribution is 2.43. The number of nitrogens with zero attached hydrogens (tertiary/aromatic N) is 3. The highest BCUT2D eigenvalue weighted by Gasteiger charge is 2.36. The molecule has 0 saturated heterocycles. The Kier molecular flexibility index (Phi) is 5.55. The fraction of sp³-hybridized carbons (Fsp3) is 0.318. The smallest absolute Gasteiger partial charge is 0.412 e. The Morgan fingerprint density at radius 3 is 2.69 bits per heavy atom. The van der Waals surface area contributed by atoms with Gasteiger partial charge in [-0.25, -0.2) is 9.18 Å². The molecule has 1 atom stereocenters. The van der Waals surface area contributed by atoms with Crippen LogP contribution in [0.5, 0.6) is 0 Å². The van der Waals surface area contributed by atoms with Gasteiger partial charge in [0.05, 0.1) is 6.07 Å². The molecule has 6 nitrogen and oxygen atoms in total. The van der Waals surface area contributed by atoms with Gasteiger partial charge in [-0.1, -0.05) is 38.1 Å². The molecule has 0 aromatic heterocycles. The first-order chi connectivity index (χ1) is 13.7. The molecule has 0 spiro atoms. The second-order valence-electron chi connectivity index (χ2n) is 7.55. The largest absolute Gasteiger partial charge is 0.465 e. The van der Waals surface area contributed by atoms with Crippen LogP contribution in [0.2, 0.25) is 0 Å². The Morgan fingerprint density at radius 2 is 2.10 bits per heavy atom. The van der Waals surface area contributed by atoms with E-state index >= 15 is 0 Å². The van der Waals surface area contributed by atoms with Crippen LogP contribution in [-0.4, -0.2) is 40.4 Å². The number of allylic oxidation sites excluding steroid dienone is 4. The zero-order chi connectivity index (χ0) is 21.3. The van der Waals surface area contributed by atoms with E-state index in [-0.39, 0.29) is 23.7 Å². The number of Topliss-reactive ketones (excluding diaryl/α,β-unsaturated/α-hetero) is 1. The lowest BCUT2D eigenvalue weighted by atomic mass is 9.79. The third-order valence-electron chi connectivity index (χ3n) is 4.92. The Balaban J connectivity index is 2.35. The first-order valence-electron chi connectivity index (χ1n) is 9.32. The van der Waals surface area contributed by atoms with E-state index in [0.717, 1.165) is 4.90 Å². The van der Waals surface area contributed by atoms with Crippen LogP contribution in [0.3, 0.4) is 0 Å². The molecule has 0 radical (unpaired) electrons. The predicted octanol–water partition coefficient (Wildman–Crippen LogP) is 4.00. The van der Waals surface area contributed by atoms with Gasteiger partial charge in [-0.05, 0) is 23.1 Å². The second kappa shape index (κ2) is 7.92. The molecule has 1 aromatic carbocycles. The van der Waals surface area contributed by atoms with Crippen LogP contribution >= 0.6 is 0 Å². The van der Waals surface area contributed by atoms with Gasteiger partial charge < -0.3 is 10.0 Å². The molecule has 1 aliphatic heterocycles. The number of ketones is 1. The average molecular weight is 395 g/mol. The van der Waals surface area contributed by atoms with Crippen molar-refractivity contribution in [2.24, 2.45) is 11.8 Å². The third kappa shape index (κ3) is 3.79. The molecule has 1 aromatic rings. The van der Waals surface area contributed by atoms with Crippen molar-refractivity contribution in [2.75, 3.05) is 13.6 Å². The van der Waals surface area contributed by atoms with Crippen LogP contribution in [0, 0.1) is 29.0 Å². The molecular formula is C22H22FN3O3. The highest BCUT2D eigenvalue weighted by atomic mass is 19.1. The number of carbonyl (C=O) groups excluding carboxylic acids is 1. The maximum Gasteiger partial charge on any atom is 0.412 e. The Bertz CT molecular complexity index is 1000. The molecule has 0 bridgehead atoms. The number of fused-ring (bicyclic) bond motifs is 1. The van der Waals surface area contributed by atoms with E-state index in [9.17, 15) is 24.3 Å². The monoisotopic (exact) mass is 395 g/mol. The number of carbonyl (C=O) groups is 2. The van der Waals surface area contributed by atoms with Crippen molar-refractivity contribution in [1.82, 2.24) is 9.80 Å². The highest BCUT2D eigenvalue weighted by molar-refractivity contribution is 5.97. The Morgan fingerprint density at radius 1 is 1.41 bits per heavy atom. The van der Waals surface area contributed by atoms with Gasteiger partial charge in [0.25, 0.3) is 0 Å². The number of carboxylic acid groups (broad SMARTS) is 1. The van der Waals surface area contributed by atoms with Crippen LogP contribution in [0.25, 0.3) is 5.57 Å². The fourth-order valence-electron chi connectivity index (χ4n) is 3.65. The molecule has 1 aliphatic carbocycles. The maximum absolute atomic E-state index is 14.8. The third-order valence-corrected chi connectivity index (χ3v) is 4.92. The van der Waals surface area contributed by atoms with Crippen molar-refractivity contribution in [1.29, 1.82) is 5.26 Å². The molecule has 1 N–H and O–H groups in total. The minimum Gasteiger partial charge on any atom is -0.465 e. The molecule has 3 rings (SSSR count). The number of hydrogen-bond donors (Lipinski definition) is 1. The summed E-state index contributed by atoms with van der Waals surface area (Å²) in [6.45, 7) is 4.46. The molecular weight excluding hydrogens is 373 g/mol. The van der Waals surface area contributed by atoms with E-state index in [1.165, 1.54) is 19.2 Å². The van der Waals surface area contributed by atoms with E-state index in [1.54, 1.807) is 29.3 Å². The van der Waals surface area contributed by atoms with Gasteiger partial charge in [-0.3, -0.25) is 9.69 Å². The first kappa shape index (κ1) is 20.3. The molecule has 2 aliphatic rings. The van der Waals surface area contributed by atoms with Crippen molar-refractivity contribution >= 4 is 17.4 Å². The van der Waals surface area contributed by atoms with E-state index in [1.807, 2.05) is 19.9 Å². The number of nitriles is 1. The molecule has 7 heteroatoms. The van der Waals surface area contributed by atoms with Gasteiger partial charge in [-0.15, -0.1) is 0 Å². The summed E-state index contributed by atoms with van der Waals surface area (Å²) in [6, 6.07) is 8.09. The van der Waals surface area contributed by atoms with Crippen LogP contribution in [0.4, 0.5) is 9.18 Å². The lowest BCUT2D eigenvalue weighted by molar-refractivity contribution is -0.119. The second-order valence-corrected chi connectivity index (χ2v) is 7.55. The van der Waals surface area contributed by atoms with Gasteiger partial charge >= 0.3 is 6.09 Å². The van der Waals surface area contributed by atoms with Crippen molar-refractivity contribution in [3.63, 3.8) is 0 Å². The zero-order valence-corrected chi connectivity index (χ0v) is 16.5. The summed E-state index contributed by atoms with van der Waals surface area (Å²) in [5.41, 5.74) is 1.79. The minimum absolute atomic E-state index is 0.0423. The molecule has 0 saturated carbocycles. The molecule has 0 fully saturated rings. The van der Waals surface area contributed by atoms with Crippen molar-refractivity contribution in [3.05, 3.63) is 64.9 Å². The number of benzene rings is 1. The average Bonchev–Trinajstić information content (AvgIpc) is 2.66. The van der Waals surface area contributed by atoms with Crippen molar-refractivity contribution in [2.45, 2.75) is 20.3 Å². The fourth-order valence-corrected chi connectivity index (χ4v) is 3.65. The SMILES string of the molecule is CC(C)CN1C=C2CC(=O)C(C#N)C=C2C(c2ccccc2F)=C1N(C)C(=O)O. The normalized spacial score (nSPS) is 18.8. The number of hydrogen-bond acceptors (Lipinski definition) is 4. The molecule has 1 amide bonds. The summed E-state index contributed by atoms with van der Waals surface area (Å²) < 4.78 is 14.8. The van der Waals surface area contributed by atoms with Crippen LogP contribution in [0.15, 0.2) is 53.5 Å². The van der Waals surface area contributed by atoms with Gasteiger partial charge in [-0.2, -0.15) is 5.26 Å². The lowest BCUT2D eigenvalue weighted by Crippen LogP contribution is -2.39. The van der Waals surface area contributed by atoms with E-state index in [2.05, 4.69) is 0 Å². The van der Waals surface area contributed by atoms with Gasteiger partial charge in [0.15, 0.2) is 5.78 Å². The lowest BCUT2D eigenvalue weighted by Gasteiger charge is -2.38. The summed E-state index contributed by atoms with van der Waals surface area (Å²) in [4.78, 5) is 27.0. The number of halogens is 1. The van der Waals surface area contributed by atoms with Gasteiger partial charge in [0.1, 0.15) is 17.6 Å². The molecule has 29 heavy (non-hydrogen) atoms. The van der Waals surface area contributed by atoms with Crippen molar-refractivity contribution < 1.29 is 19.1 Å². The summed E-state index contributed by atoms with van der Waals surface area (Å²) in [6.07, 6.45) is 2.11. The van der Waals surface area contributed by atoms with E-state index < -0.39 is 17.8 Å². The number of rotatable bonds is 4. The quantitative estimate of drug-likeness (QED) is 0.833. The summed E-state index contributed by atoms with van der Waals surface area (Å²) >= 11 is 0. The number of amides is 1. The van der Waals surface area contributed by atoms with Crippen LogP contribution in [-0.2, 0) is 4.79 Å². The predicted molar refractivity (Wildman–Crippen MR) is 106 cm³/mol. The van der Waals surface area contributed by atoms with Crippen molar-refractivity contribution in [3.8, 4) is 6.07 Å². The van der Waals surface area contributed by atoms with Crippen LogP contribution in [0.1, 0.15) is 25.8 Å². The standard InChI is InChI=1S/C22H22FN3O3/c1-13(2)11-26-12-15-9-19(27)14(10-24)8-17(15)20(21(26)25(3)22(28)29)16-6-4-5-7-18(16)23/h4-8,12-14H,9,11H2,1-3H3,(H,28,29). The van der Waals surface area contributed by atoms with E-state index in [0.29, 0.717) is 29.1 Å². The molecule has 1 heterocycles. The van der Waals surface area contributed by atoms with Gasteiger partial charge in [0, 0.05) is 37.3 Å². The molecule has 150 valence electrons. The molecule has 1 unspecified atom stereocenters.